The average Bonchev–Trinajstić information content (AvgIpc) is 2.61. The van der Waals surface area contributed by atoms with Crippen LogP contribution in [-0.4, -0.2) is 30.2 Å². The molecule has 0 aromatic carbocycles. The summed E-state index contributed by atoms with van der Waals surface area (Å²) in [5.74, 6) is 0.912. The summed E-state index contributed by atoms with van der Waals surface area (Å²) in [4.78, 5) is 6.82. The third-order valence-corrected chi connectivity index (χ3v) is 4.39. The number of nitrogens with zero attached hydrogens (tertiary/aromatic N) is 2. The smallest absolute Gasteiger partial charge is 0.0334 e. The lowest BCUT2D eigenvalue weighted by atomic mass is 9.86. The predicted molar refractivity (Wildman–Crippen MR) is 108 cm³/mol. The van der Waals surface area contributed by atoms with E-state index in [1.54, 1.807) is 0 Å². The molecule has 2 nitrogen and oxygen atoms in total. The van der Waals surface area contributed by atoms with Crippen LogP contribution in [0.5, 0.6) is 0 Å². The highest BCUT2D eigenvalue weighted by Crippen LogP contribution is 2.28. The van der Waals surface area contributed by atoms with Crippen molar-refractivity contribution < 1.29 is 0 Å². The first-order valence-electron chi connectivity index (χ1n) is 9.62. The van der Waals surface area contributed by atoms with E-state index >= 15 is 0 Å². The molecule has 0 aromatic rings. The van der Waals surface area contributed by atoms with Crippen LogP contribution in [0.25, 0.3) is 0 Å². The fourth-order valence-corrected chi connectivity index (χ4v) is 2.84. The third kappa shape index (κ3) is 9.76. The molecule has 2 heteroatoms. The van der Waals surface area contributed by atoms with E-state index in [0.717, 1.165) is 12.0 Å². The van der Waals surface area contributed by atoms with E-state index in [-0.39, 0.29) is 0 Å². The zero-order valence-electron chi connectivity index (χ0n) is 17.3. The lowest BCUT2D eigenvalue weighted by Gasteiger charge is -2.37. The van der Waals surface area contributed by atoms with Crippen LogP contribution in [0.15, 0.2) is 28.9 Å². The maximum atomic E-state index is 4.29. The Bertz CT molecular complexity index is 334. The van der Waals surface area contributed by atoms with Gasteiger partial charge in [-0.2, -0.15) is 0 Å². The molecular formula is C21H42N2. The van der Waals surface area contributed by atoms with Crippen LogP contribution in [0, 0.1) is 5.92 Å². The molecule has 136 valence electrons. The summed E-state index contributed by atoms with van der Waals surface area (Å²) in [7, 11) is 2.26. The molecule has 0 spiro atoms. The van der Waals surface area contributed by atoms with Crippen molar-refractivity contribution in [2.45, 2.75) is 93.2 Å². The van der Waals surface area contributed by atoms with Gasteiger partial charge in [-0.15, -0.1) is 0 Å². The first kappa shape index (κ1) is 24.4. The van der Waals surface area contributed by atoms with Gasteiger partial charge < -0.3 is 0 Å². The summed E-state index contributed by atoms with van der Waals surface area (Å²) < 4.78 is 0. The van der Waals surface area contributed by atoms with Gasteiger partial charge >= 0.3 is 0 Å². The number of rotatable bonds is 5. The number of likely N-dealkylation sites (N-methyl/N-ethyl adjacent to an activating group) is 1. The Morgan fingerprint density at radius 2 is 1.57 bits per heavy atom. The normalized spacial score (nSPS) is 23.3. The third-order valence-electron chi connectivity index (χ3n) is 4.39. The molecule has 0 bridgehead atoms. The molecule has 1 atom stereocenters. The number of aliphatic imine (C=N–C) groups is 1. The quantitative estimate of drug-likeness (QED) is 0.417. The second kappa shape index (κ2) is 16.0. The highest BCUT2D eigenvalue weighted by molar-refractivity contribution is 5.54. The van der Waals surface area contributed by atoms with Crippen molar-refractivity contribution in [1.29, 1.82) is 0 Å². The van der Waals surface area contributed by atoms with Crippen LogP contribution >= 0.6 is 0 Å². The molecule has 1 rings (SSSR count). The fraction of sp³-hybridized carbons (Fsp3) is 0.762. The topological polar surface area (TPSA) is 15.6 Å². The van der Waals surface area contributed by atoms with E-state index < -0.39 is 0 Å². The highest BCUT2D eigenvalue weighted by Gasteiger charge is 2.25. The Morgan fingerprint density at radius 1 is 1.04 bits per heavy atom. The van der Waals surface area contributed by atoms with E-state index in [2.05, 4.69) is 49.9 Å². The second-order valence-corrected chi connectivity index (χ2v) is 5.79. The van der Waals surface area contributed by atoms with Gasteiger partial charge in [0.25, 0.3) is 0 Å². The SMILES string of the molecule is CC.CC.CC=N/C=C(\C=C/C)C(C)N(C)C1CCC(C)CC1. The molecule has 0 N–H and O–H groups in total. The van der Waals surface area contributed by atoms with Crippen molar-refractivity contribution in [2.24, 2.45) is 10.9 Å². The van der Waals surface area contributed by atoms with Gasteiger partial charge in [0.1, 0.15) is 0 Å². The molecule has 0 saturated heterocycles. The van der Waals surface area contributed by atoms with Crippen LogP contribution in [0.1, 0.15) is 81.1 Å². The van der Waals surface area contributed by atoms with Gasteiger partial charge in [-0.05, 0) is 65.0 Å². The van der Waals surface area contributed by atoms with Crippen molar-refractivity contribution in [3.05, 3.63) is 23.9 Å². The first-order chi connectivity index (χ1) is 11.1. The van der Waals surface area contributed by atoms with Gasteiger partial charge in [-0.25, -0.2) is 0 Å². The maximum Gasteiger partial charge on any atom is 0.0334 e. The van der Waals surface area contributed by atoms with E-state index in [4.69, 9.17) is 0 Å². The van der Waals surface area contributed by atoms with Gasteiger partial charge in [0.15, 0.2) is 0 Å². The van der Waals surface area contributed by atoms with E-state index in [0.29, 0.717) is 6.04 Å². The van der Waals surface area contributed by atoms with E-state index in [9.17, 15) is 0 Å². The predicted octanol–water partition coefficient (Wildman–Crippen LogP) is 6.49. The Morgan fingerprint density at radius 3 is 2.00 bits per heavy atom. The molecule has 1 aliphatic rings. The average molecular weight is 323 g/mol. The summed E-state index contributed by atoms with van der Waals surface area (Å²) in [6.45, 7) is 16.7. The summed E-state index contributed by atoms with van der Waals surface area (Å²) in [5, 5.41) is 0. The van der Waals surface area contributed by atoms with Crippen molar-refractivity contribution in [3.63, 3.8) is 0 Å². The number of hydrogen-bond donors (Lipinski definition) is 0. The van der Waals surface area contributed by atoms with Crippen molar-refractivity contribution >= 4 is 6.21 Å². The minimum Gasteiger partial charge on any atom is -0.297 e. The lowest BCUT2D eigenvalue weighted by Crippen LogP contribution is -2.41. The molecule has 23 heavy (non-hydrogen) atoms. The number of allylic oxidation sites excluding steroid dienone is 1. The fourth-order valence-electron chi connectivity index (χ4n) is 2.84. The van der Waals surface area contributed by atoms with Crippen molar-refractivity contribution in [2.75, 3.05) is 7.05 Å². The zero-order valence-corrected chi connectivity index (χ0v) is 17.3. The monoisotopic (exact) mass is 322 g/mol. The molecule has 1 aliphatic carbocycles. The summed E-state index contributed by atoms with van der Waals surface area (Å²) in [5.41, 5.74) is 1.29. The van der Waals surface area contributed by atoms with Gasteiger partial charge in [0.2, 0.25) is 0 Å². The number of hydrogen-bond acceptors (Lipinski definition) is 2. The van der Waals surface area contributed by atoms with Gasteiger partial charge in [0, 0.05) is 24.5 Å². The Hall–Kier alpha value is -0.890. The van der Waals surface area contributed by atoms with E-state index in [1.165, 1.54) is 31.3 Å². The molecule has 0 aliphatic heterocycles. The van der Waals surface area contributed by atoms with E-state index in [1.807, 2.05) is 47.0 Å². The molecule has 0 amide bonds. The van der Waals surface area contributed by atoms with Crippen molar-refractivity contribution in [3.8, 4) is 0 Å². The largest absolute Gasteiger partial charge is 0.297 e. The molecule has 1 saturated carbocycles. The van der Waals surface area contributed by atoms with Crippen LogP contribution < -0.4 is 0 Å². The van der Waals surface area contributed by atoms with Gasteiger partial charge in [-0.1, -0.05) is 46.8 Å². The minimum atomic E-state index is 0.429. The molecule has 0 aromatic heterocycles. The summed E-state index contributed by atoms with van der Waals surface area (Å²) >= 11 is 0. The standard InChI is InChI=1S/C17H30N2.2C2H6/c1-6-8-16(13-18-7-2)15(4)19(5)17-11-9-14(3)10-12-17;2*1-2/h6-8,13-15,17H,9-12H2,1-5H3;2*1-2H3/b8-6-,16-13+,18-7?;;. The van der Waals surface area contributed by atoms with Gasteiger partial charge in [-0.3, -0.25) is 9.89 Å². The summed E-state index contributed by atoms with van der Waals surface area (Å²) in [6.07, 6.45) is 13.5. The van der Waals surface area contributed by atoms with Crippen LogP contribution in [0.4, 0.5) is 0 Å². The maximum absolute atomic E-state index is 4.29. The Labute approximate surface area is 146 Å². The Balaban J connectivity index is 0. The molecule has 0 heterocycles. The summed E-state index contributed by atoms with van der Waals surface area (Å²) in [6, 6.07) is 1.16. The Kier molecular flexibility index (Phi) is 16.9. The van der Waals surface area contributed by atoms with Gasteiger partial charge in [0.05, 0.1) is 0 Å². The van der Waals surface area contributed by atoms with Crippen molar-refractivity contribution in [1.82, 2.24) is 4.90 Å². The molecule has 1 unspecified atom stereocenters. The molecule has 0 radical (unpaired) electrons. The minimum absolute atomic E-state index is 0.429. The van der Waals surface area contributed by atoms with Crippen LogP contribution in [0.2, 0.25) is 0 Å². The highest BCUT2D eigenvalue weighted by atomic mass is 15.2. The van der Waals surface area contributed by atoms with Crippen LogP contribution in [-0.2, 0) is 0 Å². The zero-order chi connectivity index (χ0) is 18.3. The first-order valence-corrected chi connectivity index (χ1v) is 9.62. The van der Waals surface area contributed by atoms with Crippen LogP contribution in [0.3, 0.4) is 0 Å². The molecule has 1 fully saturated rings. The second-order valence-electron chi connectivity index (χ2n) is 5.79. The molecular weight excluding hydrogens is 280 g/mol. The lowest BCUT2D eigenvalue weighted by molar-refractivity contribution is 0.147.